The highest BCUT2D eigenvalue weighted by atomic mass is 16.2. The summed E-state index contributed by atoms with van der Waals surface area (Å²) in [6, 6.07) is 0. The summed E-state index contributed by atoms with van der Waals surface area (Å²) in [5.41, 5.74) is 0. The van der Waals surface area contributed by atoms with E-state index in [0.29, 0.717) is 6.61 Å². The van der Waals surface area contributed by atoms with Crippen LogP contribution in [0.15, 0.2) is 0 Å². The number of aliphatic hydroxyl groups is 1. The Morgan fingerprint density at radius 1 is 1.14 bits per heavy atom. The van der Waals surface area contributed by atoms with Crippen molar-refractivity contribution in [3.8, 4) is 0 Å². The van der Waals surface area contributed by atoms with Crippen molar-refractivity contribution in [2.75, 3.05) is 6.61 Å². The van der Waals surface area contributed by atoms with E-state index in [1.807, 2.05) is 6.92 Å². The molecule has 0 amide bonds. The molecule has 0 spiro atoms. The van der Waals surface area contributed by atoms with Gasteiger partial charge in [-0.3, -0.25) is 0 Å². The smallest absolute Gasteiger partial charge is 0.0428 e. The molecule has 0 heterocycles. The molecular formula is C13H28O. The predicted molar refractivity (Wildman–Crippen MR) is 63.3 cm³/mol. The van der Waals surface area contributed by atoms with Crippen LogP contribution in [0.25, 0.3) is 0 Å². The minimum Gasteiger partial charge on any atom is -0.396 e. The highest BCUT2D eigenvalue weighted by Crippen LogP contribution is 2.32. The summed E-state index contributed by atoms with van der Waals surface area (Å²) in [6.07, 6.45) is 6.80. The Morgan fingerprint density at radius 3 is 1.86 bits per heavy atom. The van der Waals surface area contributed by atoms with Gasteiger partial charge in [0, 0.05) is 6.61 Å². The van der Waals surface area contributed by atoms with Gasteiger partial charge in [-0.2, -0.15) is 0 Å². The summed E-state index contributed by atoms with van der Waals surface area (Å²) in [5.74, 6) is 2.97. The highest BCUT2D eigenvalue weighted by molar-refractivity contribution is 4.71. The first-order chi connectivity index (χ1) is 6.61. The molecule has 1 saturated carbocycles. The van der Waals surface area contributed by atoms with E-state index >= 15 is 0 Å². The van der Waals surface area contributed by atoms with Crippen LogP contribution in [-0.4, -0.2) is 11.7 Å². The standard InChI is InChI=1S/C10H20.C3H8O/c1-8(2)10-6-4-9(3)5-7-10;1-2-3-4/h8-10H,4-7H2,1-3H3;4H,2-3H2,1H3. The zero-order valence-electron chi connectivity index (χ0n) is 10.4. The molecule has 0 aromatic carbocycles. The molecule has 1 nitrogen and oxygen atoms in total. The first kappa shape index (κ1) is 14.0. The van der Waals surface area contributed by atoms with Crippen molar-refractivity contribution in [3.05, 3.63) is 0 Å². The minimum absolute atomic E-state index is 0.319. The molecule has 1 N–H and O–H groups in total. The van der Waals surface area contributed by atoms with Crippen molar-refractivity contribution in [2.45, 2.75) is 59.8 Å². The van der Waals surface area contributed by atoms with Gasteiger partial charge >= 0.3 is 0 Å². The van der Waals surface area contributed by atoms with Crippen molar-refractivity contribution < 1.29 is 5.11 Å². The molecule has 1 fully saturated rings. The van der Waals surface area contributed by atoms with E-state index < -0.39 is 0 Å². The van der Waals surface area contributed by atoms with Crippen LogP contribution >= 0.6 is 0 Å². The summed E-state index contributed by atoms with van der Waals surface area (Å²) >= 11 is 0. The van der Waals surface area contributed by atoms with Crippen LogP contribution < -0.4 is 0 Å². The van der Waals surface area contributed by atoms with E-state index in [2.05, 4.69) is 20.8 Å². The second kappa shape index (κ2) is 8.28. The number of hydrogen-bond donors (Lipinski definition) is 1. The van der Waals surface area contributed by atoms with Gasteiger partial charge in [-0.25, -0.2) is 0 Å². The molecule has 0 radical (unpaired) electrons. The van der Waals surface area contributed by atoms with Crippen LogP contribution in [0.2, 0.25) is 0 Å². The van der Waals surface area contributed by atoms with Gasteiger partial charge in [0.25, 0.3) is 0 Å². The monoisotopic (exact) mass is 200 g/mol. The Hall–Kier alpha value is -0.0400. The molecule has 1 aliphatic carbocycles. The molecule has 86 valence electrons. The van der Waals surface area contributed by atoms with E-state index in [1.54, 1.807) is 0 Å². The Balaban J connectivity index is 0.000000364. The van der Waals surface area contributed by atoms with Gasteiger partial charge in [0.2, 0.25) is 0 Å². The second-order valence-corrected chi connectivity index (χ2v) is 4.99. The van der Waals surface area contributed by atoms with Crippen LogP contribution in [0, 0.1) is 17.8 Å². The molecule has 0 aromatic rings. The number of hydrogen-bond acceptors (Lipinski definition) is 1. The molecule has 0 aliphatic heterocycles. The third-order valence-corrected chi connectivity index (χ3v) is 3.23. The van der Waals surface area contributed by atoms with Gasteiger partial charge in [0.05, 0.1) is 0 Å². The van der Waals surface area contributed by atoms with Gasteiger partial charge in [-0.05, 0) is 37.0 Å². The predicted octanol–water partition coefficient (Wildman–Crippen LogP) is 3.86. The maximum atomic E-state index is 7.88. The lowest BCUT2D eigenvalue weighted by molar-refractivity contribution is 0.234. The fraction of sp³-hybridized carbons (Fsp3) is 1.00. The van der Waals surface area contributed by atoms with Crippen LogP contribution in [-0.2, 0) is 0 Å². The average molecular weight is 200 g/mol. The van der Waals surface area contributed by atoms with Crippen LogP contribution in [0.5, 0.6) is 0 Å². The molecule has 1 heteroatoms. The zero-order valence-corrected chi connectivity index (χ0v) is 10.4. The summed E-state index contributed by atoms with van der Waals surface area (Å²) in [5, 5.41) is 7.88. The average Bonchev–Trinajstić information content (AvgIpc) is 2.19. The van der Waals surface area contributed by atoms with E-state index in [0.717, 1.165) is 24.2 Å². The van der Waals surface area contributed by atoms with E-state index in [1.165, 1.54) is 25.7 Å². The maximum Gasteiger partial charge on any atom is 0.0428 e. The van der Waals surface area contributed by atoms with E-state index in [9.17, 15) is 0 Å². The summed E-state index contributed by atoms with van der Waals surface area (Å²) < 4.78 is 0. The van der Waals surface area contributed by atoms with Gasteiger partial charge < -0.3 is 5.11 Å². The SMILES string of the molecule is CC1CCC(C(C)C)CC1.CCCO. The zero-order chi connectivity index (χ0) is 11.0. The molecule has 0 bridgehead atoms. The Bertz CT molecular complexity index is 110. The summed E-state index contributed by atoms with van der Waals surface area (Å²) in [6.45, 7) is 9.36. The molecule has 0 saturated heterocycles. The van der Waals surface area contributed by atoms with Crippen molar-refractivity contribution in [1.82, 2.24) is 0 Å². The second-order valence-electron chi connectivity index (χ2n) is 4.99. The highest BCUT2D eigenvalue weighted by Gasteiger charge is 2.19. The summed E-state index contributed by atoms with van der Waals surface area (Å²) in [7, 11) is 0. The third-order valence-electron chi connectivity index (χ3n) is 3.23. The molecular weight excluding hydrogens is 172 g/mol. The number of aliphatic hydroxyl groups excluding tert-OH is 1. The molecule has 0 unspecified atom stereocenters. The quantitative estimate of drug-likeness (QED) is 0.717. The summed E-state index contributed by atoms with van der Waals surface area (Å²) in [4.78, 5) is 0. The van der Waals surface area contributed by atoms with E-state index in [4.69, 9.17) is 5.11 Å². The van der Waals surface area contributed by atoms with Crippen LogP contribution in [0.4, 0.5) is 0 Å². The molecule has 14 heavy (non-hydrogen) atoms. The van der Waals surface area contributed by atoms with Crippen molar-refractivity contribution in [3.63, 3.8) is 0 Å². The normalized spacial score (nSPS) is 27.0. The van der Waals surface area contributed by atoms with Crippen LogP contribution in [0.1, 0.15) is 59.8 Å². The van der Waals surface area contributed by atoms with Crippen molar-refractivity contribution in [1.29, 1.82) is 0 Å². The Labute approximate surface area is 89.9 Å². The van der Waals surface area contributed by atoms with Gasteiger partial charge in [0.1, 0.15) is 0 Å². The topological polar surface area (TPSA) is 20.2 Å². The minimum atomic E-state index is 0.319. The first-order valence-corrected chi connectivity index (χ1v) is 6.22. The Kier molecular flexibility index (Phi) is 8.26. The van der Waals surface area contributed by atoms with Crippen molar-refractivity contribution in [2.24, 2.45) is 17.8 Å². The first-order valence-electron chi connectivity index (χ1n) is 6.22. The lowest BCUT2D eigenvalue weighted by Crippen LogP contribution is -2.16. The lowest BCUT2D eigenvalue weighted by Gasteiger charge is -2.28. The molecule has 1 aliphatic rings. The fourth-order valence-electron chi connectivity index (χ4n) is 1.95. The largest absolute Gasteiger partial charge is 0.396 e. The molecule has 0 atom stereocenters. The molecule has 1 rings (SSSR count). The van der Waals surface area contributed by atoms with Crippen molar-refractivity contribution >= 4 is 0 Å². The van der Waals surface area contributed by atoms with Gasteiger partial charge in [-0.1, -0.05) is 40.5 Å². The molecule has 0 aromatic heterocycles. The van der Waals surface area contributed by atoms with Gasteiger partial charge in [0.15, 0.2) is 0 Å². The van der Waals surface area contributed by atoms with Gasteiger partial charge in [-0.15, -0.1) is 0 Å². The fourth-order valence-corrected chi connectivity index (χ4v) is 1.95. The number of rotatable bonds is 2. The maximum absolute atomic E-state index is 7.88. The third kappa shape index (κ3) is 6.42. The van der Waals surface area contributed by atoms with E-state index in [-0.39, 0.29) is 0 Å². The Morgan fingerprint density at radius 2 is 1.57 bits per heavy atom. The van der Waals surface area contributed by atoms with Crippen LogP contribution in [0.3, 0.4) is 0 Å². The lowest BCUT2D eigenvalue weighted by atomic mass is 9.78.